The molecule has 2 N–H and O–H groups in total. The monoisotopic (exact) mass is 308 g/mol. The minimum absolute atomic E-state index is 0.170. The van der Waals surface area contributed by atoms with Crippen molar-refractivity contribution >= 4 is 11.4 Å². The minimum Gasteiger partial charge on any atom is -0.622 e. The van der Waals surface area contributed by atoms with Crippen molar-refractivity contribution in [3.05, 3.63) is 64.4 Å². The Morgan fingerprint density at radius 3 is 2.59 bits per heavy atom. The Kier molecular flexibility index (Phi) is 3.47. The van der Waals surface area contributed by atoms with Gasteiger partial charge in [-0.1, -0.05) is 18.2 Å². The maximum Gasteiger partial charge on any atom is 0.416 e. The number of hydrogen-bond donors (Lipinski definition) is 1. The average Bonchev–Trinajstić information content (AvgIpc) is 2.85. The number of benzene rings is 2. The maximum atomic E-state index is 13.2. The van der Waals surface area contributed by atoms with Gasteiger partial charge in [-0.25, -0.2) is 0 Å². The lowest BCUT2D eigenvalue weighted by Gasteiger charge is -2.38. The largest absolute Gasteiger partial charge is 0.622 e. The Labute approximate surface area is 125 Å². The quantitative estimate of drug-likeness (QED) is 0.676. The van der Waals surface area contributed by atoms with Gasteiger partial charge in [0.15, 0.2) is 0 Å². The van der Waals surface area contributed by atoms with Gasteiger partial charge in [-0.2, -0.15) is 13.2 Å². The maximum absolute atomic E-state index is 13.2. The van der Waals surface area contributed by atoms with E-state index in [0.29, 0.717) is 17.7 Å². The van der Waals surface area contributed by atoms with Crippen molar-refractivity contribution < 1.29 is 13.2 Å². The van der Waals surface area contributed by atoms with Crippen LogP contribution < -0.4 is 10.4 Å². The summed E-state index contributed by atoms with van der Waals surface area (Å²) < 4.78 is 37.8. The van der Waals surface area contributed by atoms with Gasteiger partial charge in [-0.3, -0.25) is 4.65 Å². The Balaban J connectivity index is 2.12. The van der Waals surface area contributed by atoms with Crippen molar-refractivity contribution in [3.63, 3.8) is 0 Å². The number of fused-ring (bicyclic) bond motifs is 1. The number of rotatable bonds is 2. The van der Waals surface area contributed by atoms with Crippen molar-refractivity contribution in [2.45, 2.75) is 19.1 Å². The first-order chi connectivity index (χ1) is 10.3. The molecule has 2 aromatic rings. The first-order valence-electron chi connectivity index (χ1n) is 6.94. The van der Waals surface area contributed by atoms with Crippen molar-refractivity contribution in [2.24, 2.45) is 5.73 Å². The fourth-order valence-electron chi connectivity index (χ4n) is 2.86. The summed E-state index contributed by atoms with van der Waals surface area (Å²) in [5, 5.41) is 13.2. The van der Waals surface area contributed by atoms with Crippen LogP contribution in [0.5, 0.6) is 0 Å². The van der Waals surface area contributed by atoms with Crippen LogP contribution in [0.1, 0.15) is 16.7 Å². The number of hydroxylamine groups is 1. The molecule has 0 saturated heterocycles. The predicted molar refractivity (Wildman–Crippen MR) is 79.2 cm³/mol. The zero-order valence-corrected chi connectivity index (χ0v) is 11.7. The summed E-state index contributed by atoms with van der Waals surface area (Å²) >= 11 is 0. The van der Waals surface area contributed by atoms with Crippen LogP contribution in [0.15, 0.2) is 42.5 Å². The molecule has 22 heavy (non-hydrogen) atoms. The van der Waals surface area contributed by atoms with E-state index >= 15 is 0 Å². The van der Waals surface area contributed by atoms with Gasteiger partial charge >= 0.3 is 6.18 Å². The SMILES string of the molecule is NCc1cccc([N+]2([O-])CCc3ccc(C(F)(F)F)cc32)c1. The molecule has 116 valence electrons. The first kappa shape index (κ1) is 15.0. The van der Waals surface area contributed by atoms with E-state index in [0.717, 1.165) is 17.7 Å². The Bertz CT molecular complexity index is 715. The zero-order chi connectivity index (χ0) is 16.0. The van der Waals surface area contributed by atoms with Crippen LogP contribution in [0, 0.1) is 5.21 Å². The molecular weight excluding hydrogens is 293 g/mol. The third kappa shape index (κ3) is 2.39. The molecule has 1 aliphatic rings. The molecule has 0 aliphatic carbocycles. The Morgan fingerprint density at radius 1 is 1.14 bits per heavy atom. The molecule has 1 atom stereocenters. The summed E-state index contributed by atoms with van der Waals surface area (Å²) in [4.78, 5) is 0. The van der Waals surface area contributed by atoms with Gasteiger partial charge in [0.05, 0.1) is 12.1 Å². The fraction of sp³-hybridized carbons (Fsp3) is 0.250. The summed E-state index contributed by atoms with van der Waals surface area (Å²) in [6, 6.07) is 10.2. The standard InChI is InChI=1S/C16H15F3N2O/c17-16(18,19)13-5-4-12-6-7-21(22,15(12)9-13)14-3-1-2-11(8-14)10-20/h1-5,8-9H,6-7,10,20H2. The van der Waals surface area contributed by atoms with E-state index in [4.69, 9.17) is 5.73 Å². The highest BCUT2D eigenvalue weighted by Gasteiger charge is 2.38. The zero-order valence-electron chi connectivity index (χ0n) is 11.7. The number of hydrogen-bond acceptors (Lipinski definition) is 2. The van der Waals surface area contributed by atoms with Crippen LogP contribution in [0.3, 0.4) is 0 Å². The average molecular weight is 308 g/mol. The van der Waals surface area contributed by atoms with E-state index in [9.17, 15) is 18.4 Å². The van der Waals surface area contributed by atoms with Gasteiger partial charge in [0.2, 0.25) is 0 Å². The molecule has 0 spiro atoms. The molecule has 1 aliphatic heterocycles. The molecule has 0 bridgehead atoms. The van der Waals surface area contributed by atoms with E-state index in [1.807, 2.05) is 0 Å². The fourth-order valence-corrected chi connectivity index (χ4v) is 2.86. The smallest absolute Gasteiger partial charge is 0.416 e. The second-order valence-corrected chi connectivity index (χ2v) is 5.43. The highest BCUT2D eigenvalue weighted by Crippen LogP contribution is 2.44. The molecule has 2 aromatic carbocycles. The van der Waals surface area contributed by atoms with Crippen LogP contribution in [-0.4, -0.2) is 6.54 Å². The van der Waals surface area contributed by atoms with Gasteiger partial charge in [-0.05, 0) is 17.7 Å². The van der Waals surface area contributed by atoms with Crippen LogP contribution in [0.25, 0.3) is 0 Å². The second kappa shape index (κ2) is 5.08. The van der Waals surface area contributed by atoms with Crippen LogP contribution in [0.4, 0.5) is 24.5 Å². The lowest BCUT2D eigenvalue weighted by molar-refractivity contribution is -0.137. The third-order valence-electron chi connectivity index (χ3n) is 4.06. The van der Waals surface area contributed by atoms with Crippen LogP contribution in [-0.2, 0) is 19.1 Å². The van der Waals surface area contributed by atoms with Crippen molar-refractivity contribution in [1.82, 2.24) is 4.65 Å². The number of alkyl halides is 3. The molecule has 3 rings (SSSR count). The van der Waals surface area contributed by atoms with Crippen molar-refractivity contribution in [1.29, 1.82) is 0 Å². The van der Waals surface area contributed by atoms with E-state index < -0.39 is 16.4 Å². The second-order valence-electron chi connectivity index (χ2n) is 5.43. The molecular formula is C16H15F3N2O. The molecule has 0 radical (unpaired) electrons. The normalized spacial score (nSPS) is 21.0. The molecule has 0 fully saturated rings. The highest BCUT2D eigenvalue weighted by atomic mass is 19.4. The van der Waals surface area contributed by atoms with Gasteiger partial charge in [0, 0.05) is 30.7 Å². The minimum atomic E-state index is -4.46. The van der Waals surface area contributed by atoms with Gasteiger partial charge in [0.1, 0.15) is 11.4 Å². The first-order valence-corrected chi connectivity index (χ1v) is 6.94. The van der Waals surface area contributed by atoms with E-state index in [2.05, 4.69) is 0 Å². The molecule has 1 heterocycles. The summed E-state index contributed by atoms with van der Waals surface area (Å²) in [5.41, 5.74) is 6.83. The van der Waals surface area contributed by atoms with Crippen molar-refractivity contribution in [2.75, 3.05) is 6.54 Å². The summed E-state index contributed by atoms with van der Waals surface area (Å²) in [6.07, 6.45) is -3.99. The highest BCUT2D eigenvalue weighted by molar-refractivity contribution is 5.67. The Morgan fingerprint density at radius 2 is 1.91 bits per heavy atom. The number of nitrogens with two attached hydrogens (primary N) is 1. The lowest BCUT2D eigenvalue weighted by Crippen LogP contribution is -2.35. The third-order valence-corrected chi connectivity index (χ3v) is 4.06. The van der Waals surface area contributed by atoms with Gasteiger partial charge in [-0.15, -0.1) is 0 Å². The molecule has 0 aromatic heterocycles. The topological polar surface area (TPSA) is 49.1 Å². The van der Waals surface area contributed by atoms with E-state index in [1.165, 1.54) is 6.07 Å². The summed E-state index contributed by atoms with van der Waals surface area (Å²) in [5.74, 6) is 0. The Hall–Kier alpha value is -1.89. The summed E-state index contributed by atoms with van der Waals surface area (Å²) in [7, 11) is 0. The molecule has 1 unspecified atom stereocenters. The van der Waals surface area contributed by atoms with Gasteiger partial charge in [0.25, 0.3) is 0 Å². The van der Waals surface area contributed by atoms with E-state index in [-0.39, 0.29) is 18.8 Å². The number of quaternary nitrogens is 1. The molecule has 0 amide bonds. The molecule has 3 nitrogen and oxygen atoms in total. The molecule has 6 heteroatoms. The summed E-state index contributed by atoms with van der Waals surface area (Å²) in [6.45, 7) is 0.480. The predicted octanol–water partition coefficient (Wildman–Crippen LogP) is 3.86. The van der Waals surface area contributed by atoms with Crippen LogP contribution in [0.2, 0.25) is 0 Å². The lowest BCUT2D eigenvalue weighted by atomic mass is 10.1. The van der Waals surface area contributed by atoms with Gasteiger partial charge < -0.3 is 10.9 Å². The number of halogens is 3. The van der Waals surface area contributed by atoms with Crippen LogP contribution >= 0.6 is 0 Å². The van der Waals surface area contributed by atoms with E-state index in [1.54, 1.807) is 24.3 Å². The number of nitrogens with zero attached hydrogens (tertiary/aromatic N) is 1. The molecule has 0 saturated carbocycles. The van der Waals surface area contributed by atoms with Crippen molar-refractivity contribution in [3.8, 4) is 0 Å².